The Morgan fingerprint density at radius 3 is 2.22 bits per heavy atom. The Labute approximate surface area is 210 Å². The molecule has 8 heteroatoms. The number of aliphatic hydroxyl groups excluding tert-OH is 1. The molecule has 36 heavy (non-hydrogen) atoms. The molecule has 0 aliphatic carbocycles. The Kier molecular flexibility index (Phi) is 9.48. The Morgan fingerprint density at radius 2 is 1.61 bits per heavy atom. The van der Waals surface area contributed by atoms with Gasteiger partial charge in [-0.25, -0.2) is 0 Å². The van der Waals surface area contributed by atoms with Crippen LogP contribution in [-0.2, 0) is 11.2 Å². The molecule has 0 aromatic heterocycles. The zero-order valence-corrected chi connectivity index (χ0v) is 20.4. The summed E-state index contributed by atoms with van der Waals surface area (Å²) in [5, 5.41) is 23.6. The van der Waals surface area contributed by atoms with Crippen LogP contribution in [0.1, 0.15) is 21.5 Å². The summed E-state index contributed by atoms with van der Waals surface area (Å²) in [7, 11) is 4.00. The van der Waals surface area contributed by atoms with Crippen LogP contribution >= 0.6 is 0 Å². The Balaban J connectivity index is 1.60. The fraction of sp³-hybridized carbons (Fsp3) is 0.214. The summed E-state index contributed by atoms with van der Waals surface area (Å²) in [6, 6.07) is 21.1. The number of aromatic hydroxyl groups is 1. The first kappa shape index (κ1) is 26.3. The van der Waals surface area contributed by atoms with E-state index in [4.69, 9.17) is 9.84 Å². The summed E-state index contributed by atoms with van der Waals surface area (Å²) in [5.74, 6) is -0.278. The summed E-state index contributed by atoms with van der Waals surface area (Å²) in [6.45, 7) is 0.319. The van der Waals surface area contributed by atoms with E-state index in [1.165, 1.54) is 23.8 Å². The molecule has 3 rings (SSSR count). The van der Waals surface area contributed by atoms with Gasteiger partial charge in [0.05, 0.1) is 13.2 Å². The number of rotatable bonds is 11. The van der Waals surface area contributed by atoms with Crippen LogP contribution in [0.3, 0.4) is 0 Å². The molecule has 188 valence electrons. The van der Waals surface area contributed by atoms with Crippen molar-refractivity contribution < 1.29 is 24.5 Å². The van der Waals surface area contributed by atoms with Crippen LogP contribution in [0.2, 0.25) is 0 Å². The molecule has 0 unspecified atom stereocenters. The van der Waals surface area contributed by atoms with Gasteiger partial charge in [-0.2, -0.15) is 0 Å². The van der Waals surface area contributed by atoms with E-state index in [9.17, 15) is 14.7 Å². The second-order valence-corrected chi connectivity index (χ2v) is 8.27. The minimum atomic E-state index is -0.538. The lowest BCUT2D eigenvalue weighted by molar-refractivity contribution is -0.117. The van der Waals surface area contributed by atoms with Crippen molar-refractivity contribution in [3.05, 3.63) is 95.2 Å². The number of carbonyl (C=O) groups excluding carboxylic acids is 2. The maximum Gasteiger partial charge on any atom is 0.267 e. The van der Waals surface area contributed by atoms with Crippen LogP contribution in [0.4, 0.5) is 5.69 Å². The molecular formula is C28H31N3O5. The predicted octanol–water partition coefficient (Wildman–Crippen LogP) is 2.96. The second kappa shape index (κ2) is 13.0. The van der Waals surface area contributed by atoms with Crippen LogP contribution in [-0.4, -0.2) is 55.9 Å². The SMILES string of the molecule is CN(C)c1ccc(CCOc2ccc(C(=O)N/C(=C\c3ccc(O)cc3)C(=O)NCCO)cc2)cc1. The zero-order valence-electron chi connectivity index (χ0n) is 20.4. The lowest BCUT2D eigenvalue weighted by Crippen LogP contribution is -2.36. The smallest absolute Gasteiger partial charge is 0.267 e. The molecule has 0 bridgehead atoms. The first-order valence-corrected chi connectivity index (χ1v) is 11.6. The monoisotopic (exact) mass is 489 g/mol. The first-order valence-electron chi connectivity index (χ1n) is 11.6. The highest BCUT2D eigenvalue weighted by Crippen LogP contribution is 2.16. The summed E-state index contributed by atoms with van der Waals surface area (Å²) < 4.78 is 5.81. The van der Waals surface area contributed by atoms with E-state index >= 15 is 0 Å². The average Bonchev–Trinajstić information content (AvgIpc) is 2.88. The van der Waals surface area contributed by atoms with Crippen molar-refractivity contribution in [3.63, 3.8) is 0 Å². The van der Waals surface area contributed by atoms with Gasteiger partial charge in [0, 0.05) is 38.3 Å². The topological polar surface area (TPSA) is 111 Å². The first-order chi connectivity index (χ1) is 17.4. The summed E-state index contributed by atoms with van der Waals surface area (Å²) in [6.07, 6.45) is 2.25. The van der Waals surface area contributed by atoms with Gasteiger partial charge in [0.2, 0.25) is 0 Å². The third-order valence-corrected chi connectivity index (χ3v) is 5.32. The molecule has 3 aromatic carbocycles. The van der Waals surface area contributed by atoms with E-state index in [0.717, 1.165) is 12.1 Å². The molecule has 0 fully saturated rings. The number of amides is 2. The quantitative estimate of drug-likeness (QED) is 0.308. The summed E-state index contributed by atoms with van der Waals surface area (Å²) in [5.41, 5.74) is 3.29. The lowest BCUT2D eigenvalue weighted by atomic mass is 10.1. The maximum atomic E-state index is 12.8. The molecule has 3 aromatic rings. The van der Waals surface area contributed by atoms with Gasteiger partial charge in [-0.3, -0.25) is 9.59 Å². The van der Waals surface area contributed by atoms with E-state index < -0.39 is 11.8 Å². The van der Waals surface area contributed by atoms with Gasteiger partial charge in [0.25, 0.3) is 11.8 Å². The number of nitrogens with zero attached hydrogens (tertiary/aromatic N) is 1. The van der Waals surface area contributed by atoms with Crippen LogP contribution in [0.25, 0.3) is 6.08 Å². The van der Waals surface area contributed by atoms with E-state index in [1.54, 1.807) is 36.4 Å². The summed E-state index contributed by atoms with van der Waals surface area (Å²) >= 11 is 0. The lowest BCUT2D eigenvalue weighted by Gasteiger charge is -2.13. The van der Waals surface area contributed by atoms with Crippen molar-refractivity contribution in [1.82, 2.24) is 10.6 Å². The van der Waals surface area contributed by atoms with Crippen LogP contribution < -0.4 is 20.3 Å². The zero-order chi connectivity index (χ0) is 25.9. The molecule has 0 saturated heterocycles. The number of phenolic OH excluding ortho intramolecular Hbond substituents is 1. The standard InChI is InChI=1S/C28H31N3O5/c1-31(2)23-9-3-20(4-10-23)15-18-36-25-13-7-22(8-14-25)27(34)30-26(28(35)29-16-17-32)19-21-5-11-24(33)12-6-21/h3-14,19,32-33H,15-18H2,1-2H3,(H,29,35)(H,30,34)/b26-19-. The van der Waals surface area contributed by atoms with Crippen LogP contribution in [0.15, 0.2) is 78.5 Å². The Morgan fingerprint density at radius 1 is 0.944 bits per heavy atom. The minimum absolute atomic E-state index is 0.0137. The van der Waals surface area contributed by atoms with Crippen molar-refractivity contribution in [1.29, 1.82) is 0 Å². The molecule has 0 radical (unpaired) electrons. The number of carbonyl (C=O) groups is 2. The maximum absolute atomic E-state index is 12.8. The number of benzene rings is 3. The van der Waals surface area contributed by atoms with Gasteiger partial charge < -0.3 is 30.5 Å². The van der Waals surface area contributed by atoms with Crippen LogP contribution in [0, 0.1) is 0 Å². The normalized spacial score (nSPS) is 11.0. The van der Waals surface area contributed by atoms with Crippen molar-refractivity contribution in [2.24, 2.45) is 0 Å². The molecule has 0 heterocycles. The van der Waals surface area contributed by atoms with Gasteiger partial charge in [-0.05, 0) is 65.7 Å². The molecule has 0 saturated carbocycles. The molecule has 0 spiro atoms. The largest absolute Gasteiger partial charge is 0.508 e. The fourth-order valence-corrected chi connectivity index (χ4v) is 3.30. The van der Waals surface area contributed by atoms with Crippen molar-refractivity contribution in [2.45, 2.75) is 6.42 Å². The molecule has 8 nitrogen and oxygen atoms in total. The number of aliphatic hydroxyl groups is 1. The Hall–Kier alpha value is -4.30. The molecule has 0 atom stereocenters. The molecule has 0 aliphatic rings. The van der Waals surface area contributed by atoms with E-state index in [2.05, 4.69) is 34.9 Å². The van der Waals surface area contributed by atoms with Gasteiger partial charge >= 0.3 is 0 Å². The van der Waals surface area contributed by atoms with Crippen LogP contribution in [0.5, 0.6) is 11.5 Å². The highest BCUT2D eigenvalue weighted by Gasteiger charge is 2.14. The van der Waals surface area contributed by atoms with Gasteiger partial charge in [0.1, 0.15) is 17.2 Å². The van der Waals surface area contributed by atoms with Crippen molar-refractivity contribution >= 4 is 23.6 Å². The highest BCUT2D eigenvalue weighted by atomic mass is 16.5. The van der Waals surface area contributed by atoms with Gasteiger partial charge in [-0.15, -0.1) is 0 Å². The van der Waals surface area contributed by atoms with Crippen molar-refractivity contribution in [3.8, 4) is 11.5 Å². The minimum Gasteiger partial charge on any atom is -0.508 e. The number of nitrogens with one attached hydrogen (secondary N) is 2. The van der Waals surface area contributed by atoms with E-state index in [0.29, 0.717) is 23.5 Å². The van der Waals surface area contributed by atoms with Crippen molar-refractivity contribution in [2.75, 3.05) is 38.8 Å². The molecule has 2 amide bonds. The van der Waals surface area contributed by atoms with Gasteiger partial charge in [0.15, 0.2) is 0 Å². The fourth-order valence-electron chi connectivity index (χ4n) is 3.30. The molecule has 4 N–H and O–H groups in total. The highest BCUT2D eigenvalue weighted by molar-refractivity contribution is 6.05. The number of phenols is 1. The molecular weight excluding hydrogens is 458 g/mol. The Bertz CT molecular complexity index is 1170. The molecule has 0 aliphatic heterocycles. The van der Waals surface area contributed by atoms with E-state index in [1.807, 2.05) is 19.0 Å². The second-order valence-electron chi connectivity index (χ2n) is 8.27. The summed E-state index contributed by atoms with van der Waals surface area (Å²) in [4.78, 5) is 27.3. The number of ether oxygens (including phenoxy) is 1. The number of anilines is 1. The number of hydrogen-bond acceptors (Lipinski definition) is 6. The number of hydrogen-bond donors (Lipinski definition) is 4. The average molecular weight is 490 g/mol. The van der Waals surface area contributed by atoms with Gasteiger partial charge in [-0.1, -0.05) is 24.3 Å². The predicted molar refractivity (Wildman–Crippen MR) is 140 cm³/mol. The van der Waals surface area contributed by atoms with E-state index in [-0.39, 0.29) is 24.6 Å². The third-order valence-electron chi connectivity index (χ3n) is 5.32. The third kappa shape index (κ3) is 7.89.